The number of rotatable bonds is 8. The molecule has 0 spiro atoms. The molecule has 1 saturated carbocycles. The molecule has 1 amide bonds. The number of nitrogens with one attached hydrogen (secondary N) is 1. The van der Waals surface area contributed by atoms with Crippen LogP contribution in [0.1, 0.15) is 64.0 Å². The second kappa shape index (κ2) is 11.1. The van der Waals surface area contributed by atoms with Crippen molar-refractivity contribution in [2.24, 2.45) is 11.8 Å². The minimum absolute atomic E-state index is 0.0281. The molecule has 2 aliphatic rings. The summed E-state index contributed by atoms with van der Waals surface area (Å²) >= 11 is 0. The summed E-state index contributed by atoms with van der Waals surface area (Å²) in [6.45, 7) is 7.50. The van der Waals surface area contributed by atoms with Crippen molar-refractivity contribution < 1.29 is 9.18 Å². The van der Waals surface area contributed by atoms with Gasteiger partial charge in [-0.15, -0.1) is 0 Å². The molecule has 2 aromatic rings. The number of halogens is 1. The molecule has 1 aliphatic heterocycles. The first-order valence-corrected chi connectivity index (χ1v) is 12.7. The average Bonchev–Trinajstić information content (AvgIpc) is 3.36. The highest BCUT2D eigenvalue weighted by Gasteiger charge is 2.33. The third-order valence-corrected chi connectivity index (χ3v) is 7.61. The van der Waals surface area contributed by atoms with Gasteiger partial charge in [-0.1, -0.05) is 57.0 Å². The van der Waals surface area contributed by atoms with Crippen LogP contribution in [0.2, 0.25) is 0 Å². The standard InChI is InChI=1S/C28H38FN3O/c1-3-21(4-2)28(33)30-24-14-15-26(25(29)20-24)31-16-18-32(19-17-31)27(23-12-8-9-13-23)22-10-6-5-7-11-22/h5-7,10-11,14-15,20-21,23,27H,3-4,8-9,12-13,16-19H2,1-2H3,(H,30,33). The molecule has 1 heterocycles. The lowest BCUT2D eigenvalue weighted by atomic mass is 9.89. The fourth-order valence-corrected chi connectivity index (χ4v) is 5.69. The van der Waals surface area contributed by atoms with Gasteiger partial charge in [0.1, 0.15) is 5.82 Å². The van der Waals surface area contributed by atoms with E-state index < -0.39 is 0 Å². The zero-order chi connectivity index (χ0) is 23.2. The molecule has 0 aromatic heterocycles. The number of nitrogens with zero attached hydrogens (tertiary/aromatic N) is 2. The number of carbonyl (C=O) groups is 1. The summed E-state index contributed by atoms with van der Waals surface area (Å²) in [5, 5.41) is 2.88. The molecule has 2 aromatic carbocycles. The van der Waals surface area contributed by atoms with Gasteiger partial charge in [0, 0.05) is 43.8 Å². The van der Waals surface area contributed by atoms with Crippen LogP contribution in [-0.4, -0.2) is 37.0 Å². The van der Waals surface area contributed by atoms with E-state index in [1.807, 2.05) is 26.0 Å². The number of hydrogen-bond acceptors (Lipinski definition) is 3. The number of piperazine rings is 1. The van der Waals surface area contributed by atoms with Crippen LogP contribution in [0.25, 0.3) is 0 Å². The number of carbonyl (C=O) groups excluding carboxylic acids is 1. The normalized spacial score (nSPS) is 18.6. The summed E-state index contributed by atoms with van der Waals surface area (Å²) in [5.41, 5.74) is 2.59. The largest absolute Gasteiger partial charge is 0.367 e. The lowest BCUT2D eigenvalue weighted by Gasteiger charge is -2.42. The van der Waals surface area contributed by atoms with Crippen molar-refractivity contribution in [1.82, 2.24) is 4.90 Å². The van der Waals surface area contributed by atoms with Gasteiger partial charge in [0.15, 0.2) is 0 Å². The fraction of sp³-hybridized carbons (Fsp3) is 0.536. The van der Waals surface area contributed by atoms with Crippen molar-refractivity contribution in [2.75, 3.05) is 36.4 Å². The first-order valence-electron chi connectivity index (χ1n) is 12.7. The SMILES string of the molecule is CCC(CC)C(=O)Nc1ccc(N2CCN(C(c3ccccc3)C3CCCC3)CC2)c(F)c1. The highest BCUT2D eigenvalue weighted by molar-refractivity contribution is 5.92. The van der Waals surface area contributed by atoms with Gasteiger partial charge in [-0.3, -0.25) is 9.69 Å². The minimum Gasteiger partial charge on any atom is -0.367 e. The molecule has 5 heteroatoms. The molecule has 1 saturated heterocycles. The zero-order valence-corrected chi connectivity index (χ0v) is 20.1. The van der Waals surface area contributed by atoms with E-state index in [1.54, 1.807) is 0 Å². The molecule has 4 nitrogen and oxygen atoms in total. The first kappa shape index (κ1) is 23.7. The van der Waals surface area contributed by atoms with Crippen molar-refractivity contribution >= 4 is 17.3 Å². The second-order valence-electron chi connectivity index (χ2n) is 9.59. The van der Waals surface area contributed by atoms with Crippen molar-refractivity contribution in [2.45, 2.75) is 58.4 Å². The minimum atomic E-state index is -0.263. The van der Waals surface area contributed by atoms with E-state index in [4.69, 9.17) is 0 Å². The van der Waals surface area contributed by atoms with Crippen molar-refractivity contribution in [3.63, 3.8) is 0 Å². The molecule has 4 rings (SSSR count). The molecule has 1 atom stereocenters. The molecule has 1 unspecified atom stereocenters. The molecule has 178 valence electrons. The van der Waals surface area contributed by atoms with Crippen LogP contribution >= 0.6 is 0 Å². The van der Waals surface area contributed by atoms with E-state index in [1.165, 1.54) is 37.3 Å². The van der Waals surface area contributed by atoms with Crippen LogP contribution in [-0.2, 0) is 4.79 Å². The Morgan fingerprint density at radius 3 is 2.27 bits per heavy atom. The monoisotopic (exact) mass is 451 g/mol. The Kier molecular flexibility index (Phi) is 8.02. The van der Waals surface area contributed by atoms with Gasteiger partial charge in [-0.2, -0.15) is 0 Å². The molecule has 33 heavy (non-hydrogen) atoms. The topological polar surface area (TPSA) is 35.6 Å². The number of benzene rings is 2. The summed E-state index contributed by atoms with van der Waals surface area (Å²) in [6.07, 6.45) is 6.85. The molecule has 1 aliphatic carbocycles. The van der Waals surface area contributed by atoms with Crippen LogP contribution in [0.3, 0.4) is 0 Å². The maximum Gasteiger partial charge on any atom is 0.227 e. The number of hydrogen-bond donors (Lipinski definition) is 1. The molecule has 1 N–H and O–H groups in total. The highest BCUT2D eigenvalue weighted by Crippen LogP contribution is 2.40. The predicted molar refractivity (Wildman–Crippen MR) is 134 cm³/mol. The lowest BCUT2D eigenvalue weighted by Crippen LogP contribution is -2.49. The van der Waals surface area contributed by atoms with Crippen molar-refractivity contribution in [1.29, 1.82) is 0 Å². The first-order chi connectivity index (χ1) is 16.1. The Bertz CT molecular complexity index is 901. The van der Waals surface area contributed by atoms with Crippen molar-refractivity contribution in [3.8, 4) is 0 Å². The predicted octanol–water partition coefficient (Wildman–Crippen LogP) is 6.25. The van der Waals surface area contributed by atoms with Crippen molar-refractivity contribution in [3.05, 3.63) is 59.9 Å². The van der Waals surface area contributed by atoms with Gasteiger partial charge in [0.2, 0.25) is 5.91 Å². The summed E-state index contributed by atoms with van der Waals surface area (Å²) in [4.78, 5) is 17.1. The van der Waals surface area contributed by atoms with E-state index in [0.717, 1.165) is 39.0 Å². The molecule has 2 fully saturated rings. The summed E-state index contributed by atoms with van der Waals surface area (Å²) in [6, 6.07) is 16.5. The summed E-state index contributed by atoms with van der Waals surface area (Å²) in [7, 11) is 0. The summed E-state index contributed by atoms with van der Waals surface area (Å²) in [5.74, 6) is 0.396. The fourth-order valence-electron chi connectivity index (χ4n) is 5.69. The van der Waals surface area contributed by atoms with Gasteiger partial charge in [0.05, 0.1) is 5.69 Å². The molecular weight excluding hydrogens is 413 g/mol. The second-order valence-corrected chi connectivity index (χ2v) is 9.59. The van der Waals surface area contributed by atoms with Gasteiger partial charge in [-0.25, -0.2) is 4.39 Å². The van der Waals surface area contributed by atoms with Crippen LogP contribution in [0.15, 0.2) is 48.5 Å². The Labute approximate surface area is 198 Å². The van der Waals surface area contributed by atoms with E-state index >= 15 is 4.39 Å². The van der Waals surface area contributed by atoms with Gasteiger partial charge in [-0.05, 0) is 55.4 Å². The highest BCUT2D eigenvalue weighted by atomic mass is 19.1. The Morgan fingerprint density at radius 1 is 1.00 bits per heavy atom. The van der Waals surface area contributed by atoms with E-state index in [-0.39, 0.29) is 17.6 Å². The van der Waals surface area contributed by atoms with E-state index in [9.17, 15) is 4.79 Å². The number of amides is 1. The van der Waals surface area contributed by atoms with Gasteiger partial charge < -0.3 is 10.2 Å². The Balaban J connectivity index is 1.41. The average molecular weight is 452 g/mol. The quantitative estimate of drug-likeness (QED) is 0.515. The van der Waals surface area contributed by atoms with Gasteiger partial charge in [0.25, 0.3) is 0 Å². The van der Waals surface area contributed by atoms with Crippen LogP contribution in [0.4, 0.5) is 15.8 Å². The maximum absolute atomic E-state index is 15.0. The number of anilines is 2. The Morgan fingerprint density at radius 2 is 1.67 bits per heavy atom. The molecule has 0 bridgehead atoms. The zero-order valence-electron chi connectivity index (χ0n) is 20.1. The third kappa shape index (κ3) is 5.57. The molecular formula is C28H38FN3O. The third-order valence-electron chi connectivity index (χ3n) is 7.61. The van der Waals surface area contributed by atoms with Crippen LogP contribution in [0.5, 0.6) is 0 Å². The smallest absolute Gasteiger partial charge is 0.227 e. The lowest BCUT2D eigenvalue weighted by molar-refractivity contribution is -0.120. The van der Waals surface area contributed by atoms with Crippen LogP contribution < -0.4 is 10.2 Å². The van der Waals surface area contributed by atoms with Crippen LogP contribution in [0, 0.1) is 17.7 Å². The summed E-state index contributed by atoms with van der Waals surface area (Å²) < 4.78 is 15.0. The maximum atomic E-state index is 15.0. The van der Waals surface area contributed by atoms with E-state index in [2.05, 4.69) is 45.4 Å². The van der Waals surface area contributed by atoms with E-state index in [0.29, 0.717) is 23.3 Å². The Hall–Kier alpha value is -2.40. The molecule has 0 radical (unpaired) electrons. The van der Waals surface area contributed by atoms with Gasteiger partial charge >= 0.3 is 0 Å².